The normalized spacial score (nSPS) is 16.3. The molecule has 2 aromatic carbocycles. The van der Waals surface area contributed by atoms with Gasteiger partial charge in [0.2, 0.25) is 5.91 Å². The Morgan fingerprint density at radius 1 is 1.17 bits per heavy atom. The first-order valence-electron chi connectivity index (χ1n) is 10.5. The Hall–Kier alpha value is -2.99. The van der Waals surface area contributed by atoms with Crippen molar-refractivity contribution in [3.8, 4) is 0 Å². The highest BCUT2D eigenvalue weighted by molar-refractivity contribution is 5.95. The average molecular weight is 407 g/mol. The van der Waals surface area contributed by atoms with E-state index in [1.807, 2.05) is 36.4 Å². The van der Waals surface area contributed by atoms with E-state index in [-0.39, 0.29) is 17.8 Å². The van der Waals surface area contributed by atoms with Crippen molar-refractivity contribution in [2.75, 3.05) is 18.4 Å². The van der Waals surface area contributed by atoms with Crippen LogP contribution in [0.25, 0.3) is 0 Å². The van der Waals surface area contributed by atoms with E-state index in [0.29, 0.717) is 18.2 Å². The number of nitrogens with zero attached hydrogens (tertiary/aromatic N) is 3. The molecule has 0 unspecified atom stereocenters. The van der Waals surface area contributed by atoms with Crippen LogP contribution in [-0.2, 0) is 11.3 Å². The molecule has 1 fully saturated rings. The fraction of sp³-hybridized carbons (Fsp3) is 0.333. The number of halogens is 1. The van der Waals surface area contributed by atoms with Crippen LogP contribution in [0, 0.1) is 11.7 Å². The summed E-state index contributed by atoms with van der Waals surface area (Å²) >= 11 is 0. The lowest BCUT2D eigenvalue weighted by Gasteiger charge is -2.36. The third kappa shape index (κ3) is 4.94. The fourth-order valence-electron chi connectivity index (χ4n) is 4.00. The number of amides is 1. The predicted octanol–water partition coefficient (Wildman–Crippen LogP) is 4.48. The molecular formula is C24H27FN4O. The number of carbonyl (C=O) groups is 1. The zero-order valence-electron chi connectivity index (χ0n) is 17.2. The van der Waals surface area contributed by atoms with Crippen molar-refractivity contribution >= 4 is 11.6 Å². The molecule has 30 heavy (non-hydrogen) atoms. The Labute approximate surface area is 176 Å². The summed E-state index contributed by atoms with van der Waals surface area (Å²) in [7, 11) is 0. The molecule has 1 N–H and O–H groups in total. The number of hydrogen-bond acceptors (Lipinski definition) is 3. The summed E-state index contributed by atoms with van der Waals surface area (Å²) in [6, 6.07) is 16.0. The summed E-state index contributed by atoms with van der Waals surface area (Å²) in [6.07, 6.45) is 5.62. The highest BCUT2D eigenvalue weighted by Crippen LogP contribution is 2.28. The van der Waals surface area contributed by atoms with Gasteiger partial charge in [-0.1, -0.05) is 49.4 Å². The molecule has 5 nitrogen and oxygen atoms in total. The topological polar surface area (TPSA) is 50.2 Å². The average Bonchev–Trinajstić information content (AvgIpc) is 3.17. The molecule has 1 amide bonds. The van der Waals surface area contributed by atoms with E-state index >= 15 is 0 Å². The Bertz CT molecular complexity index is 980. The molecule has 4 rings (SSSR count). The maximum Gasteiger partial charge on any atom is 0.246 e. The molecule has 0 saturated carbocycles. The standard InChI is InChI=1S/C24H27FN4O/c1-18-10-12-28(13-11-18)23(20-7-3-2-4-8-20)24(30)27-22-15-26-29(17-22)16-19-6-5-9-21(25)14-19/h2-9,14-15,17-18,23H,10-13,16H2,1H3,(H,27,30)/t23-/m0/s1. The van der Waals surface area contributed by atoms with Crippen molar-refractivity contribution in [2.45, 2.75) is 32.4 Å². The smallest absolute Gasteiger partial charge is 0.246 e. The summed E-state index contributed by atoms with van der Waals surface area (Å²) in [5, 5.41) is 7.34. The van der Waals surface area contributed by atoms with Gasteiger partial charge >= 0.3 is 0 Å². The summed E-state index contributed by atoms with van der Waals surface area (Å²) in [5.74, 6) is 0.373. The second-order valence-corrected chi connectivity index (χ2v) is 8.08. The summed E-state index contributed by atoms with van der Waals surface area (Å²) in [4.78, 5) is 15.5. The van der Waals surface area contributed by atoms with Gasteiger partial charge in [-0.25, -0.2) is 4.39 Å². The molecule has 0 bridgehead atoms. The van der Waals surface area contributed by atoms with Gasteiger partial charge in [-0.2, -0.15) is 5.10 Å². The number of rotatable bonds is 6. The number of nitrogens with one attached hydrogen (secondary N) is 1. The molecule has 2 heterocycles. The van der Waals surface area contributed by atoms with Crippen LogP contribution in [0.15, 0.2) is 67.0 Å². The Morgan fingerprint density at radius 3 is 2.67 bits per heavy atom. The van der Waals surface area contributed by atoms with E-state index in [1.54, 1.807) is 23.1 Å². The zero-order valence-corrected chi connectivity index (χ0v) is 17.2. The molecule has 3 aromatic rings. The van der Waals surface area contributed by atoms with Crippen molar-refractivity contribution in [1.29, 1.82) is 0 Å². The van der Waals surface area contributed by atoms with Crippen LogP contribution in [0.4, 0.5) is 10.1 Å². The molecule has 1 saturated heterocycles. The lowest BCUT2D eigenvalue weighted by Crippen LogP contribution is -2.41. The molecule has 0 radical (unpaired) electrons. The van der Waals surface area contributed by atoms with E-state index in [2.05, 4.69) is 22.2 Å². The summed E-state index contributed by atoms with van der Waals surface area (Å²) in [6.45, 7) is 4.53. The third-order valence-electron chi connectivity index (χ3n) is 5.68. The lowest BCUT2D eigenvalue weighted by molar-refractivity contribution is -0.122. The van der Waals surface area contributed by atoms with Gasteiger partial charge in [0.05, 0.1) is 18.4 Å². The predicted molar refractivity (Wildman–Crippen MR) is 116 cm³/mol. The van der Waals surface area contributed by atoms with Gasteiger partial charge in [-0.3, -0.25) is 14.4 Å². The first-order valence-corrected chi connectivity index (χ1v) is 10.5. The number of carbonyl (C=O) groups excluding carboxylic acids is 1. The summed E-state index contributed by atoms with van der Waals surface area (Å²) < 4.78 is 15.1. The van der Waals surface area contributed by atoms with E-state index in [1.165, 1.54) is 12.1 Å². The first-order chi connectivity index (χ1) is 14.6. The minimum Gasteiger partial charge on any atom is -0.322 e. The van der Waals surface area contributed by atoms with Gasteiger partial charge in [-0.05, 0) is 55.1 Å². The van der Waals surface area contributed by atoms with Crippen LogP contribution in [0.1, 0.15) is 36.9 Å². The van der Waals surface area contributed by atoms with Gasteiger partial charge in [0, 0.05) is 6.20 Å². The van der Waals surface area contributed by atoms with Gasteiger partial charge in [0.1, 0.15) is 11.9 Å². The SMILES string of the molecule is CC1CCN([C@H](C(=O)Nc2cnn(Cc3cccc(F)c3)c2)c2ccccc2)CC1. The Morgan fingerprint density at radius 2 is 1.93 bits per heavy atom. The molecular weight excluding hydrogens is 379 g/mol. The van der Waals surface area contributed by atoms with E-state index in [9.17, 15) is 9.18 Å². The Balaban J connectivity index is 1.48. The van der Waals surface area contributed by atoms with E-state index in [0.717, 1.165) is 37.1 Å². The zero-order chi connectivity index (χ0) is 20.9. The molecule has 0 aliphatic carbocycles. The number of anilines is 1. The third-order valence-corrected chi connectivity index (χ3v) is 5.68. The molecule has 6 heteroatoms. The van der Waals surface area contributed by atoms with E-state index in [4.69, 9.17) is 0 Å². The van der Waals surface area contributed by atoms with Gasteiger partial charge in [0.15, 0.2) is 0 Å². The second kappa shape index (κ2) is 9.22. The minimum absolute atomic E-state index is 0.0546. The van der Waals surface area contributed by atoms with Crippen molar-refractivity contribution in [3.05, 3.63) is 83.9 Å². The van der Waals surface area contributed by atoms with Gasteiger partial charge in [-0.15, -0.1) is 0 Å². The lowest BCUT2D eigenvalue weighted by atomic mass is 9.95. The number of aromatic nitrogens is 2. The van der Waals surface area contributed by atoms with Crippen molar-refractivity contribution in [2.24, 2.45) is 5.92 Å². The largest absolute Gasteiger partial charge is 0.322 e. The van der Waals surface area contributed by atoms with Crippen LogP contribution < -0.4 is 5.32 Å². The molecule has 1 atom stereocenters. The first kappa shape index (κ1) is 20.3. The van der Waals surface area contributed by atoms with Crippen LogP contribution in [0.5, 0.6) is 0 Å². The van der Waals surface area contributed by atoms with Gasteiger partial charge < -0.3 is 5.32 Å². The Kier molecular flexibility index (Phi) is 6.23. The quantitative estimate of drug-likeness (QED) is 0.657. The van der Waals surface area contributed by atoms with Crippen molar-refractivity contribution < 1.29 is 9.18 Å². The second-order valence-electron chi connectivity index (χ2n) is 8.08. The highest BCUT2D eigenvalue weighted by Gasteiger charge is 2.30. The maximum absolute atomic E-state index is 13.4. The number of hydrogen-bond donors (Lipinski definition) is 1. The van der Waals surface area contributed by atoms with Crippen LogP contribution in [0.3, 0.4) is 0 Å². The van der Waals surface area contributed by atoms with Crippen LogP contribution in [0.2, 0.25) is 0 Å². The van der Waals surface area contributed by atoms with Crippen LogP contribution in [-0.4, -0.2) is 33.7 Å². The number of likely N-dealkylation sites (tertiary alicyclic amines) is 1. The molecule has 0 spiro atoms. The maximum atomic E-state index is 13.4. The van der Waals surface area contributed by atoms with Gasteiger partial charge in [0.25, 0.3) is 0 Å². The van der Waals surface area contributed by atoms with E-state index < -0.39 is 0 Å². The minimum atomic E-state index is -0.328. The number of benzene rings is 2. The molecule has 1 aliphatic rings. The summed E-state index contributed by atoms with van der Waals surface area (Å²) in [5.41, 5.74) is 2.46. The molecule has 1 aromatic heterocycles. The monoisotopic (exact) mass is 406 g/mol. The number of piperidine rings is 1. The fourth-order valence-corrected chi connectivity index (χ4v) is 4.00. The van der Waals surface area contributed by atoms with Crippen molar-refractivity contribution in [3.63, 3.8) is 0 Å². The highest BCUT2D eigenvalue weighted by atomic mass is 19.1. The molecule has 1 aliphatic heterocycles. The van der Waals surface area contributed by atoms with Crippen molar-refractivity contribution in [1.82, 2.24) is 14.7 Å². The molecule has 156 valence electrons. The van der Waals surface area contributed by atoms with Crippen LogP contribution >= 0.6 is 0 Å².